The molecule has 1 aliphatic heterocycles. The quantitative estimate of drug-likeness (QED) is 0.514. The number of phenolic OH excluding ortho intramolecular Hbond substituents is 3. The summed E-state index contributed by atoms with van der Waals surface area (Å²) in [6, 6.07) is 7.25. The lowest BCUT2D eigenvalue weighted by molar-refractivity contribution is -0.114. The Morgan fingerprint density at radius 3 is 2.22 bits per heavy atom. The van der Waals surface area contributed by atoms with Crippen molar-refractivity contribution in [2.45, 2.75) is 13.8 Å². The van der Waals surface area contributed by atoms with Gasteiger partial charge in [0.25, 0.3) is 5.91 Å². The molecular weight excluding hydrogens is 391 g/mol. The number of nitrogens with zero attached hydrogens (tertiary/aromatic N) is 2. The number of hydrogen-bond donors (Lipinski definition) is 3. The van der Waals surface area contributed by atoms with Gasteiger partial charge in [-0.2, -0.15) is 10.1 Å². The summed E-state index contributed by atoms with van der Waals surface area (Å²) in [5.74, 6) is -2.05. The third kappa shape index (κ3) is 3.59. The summed E-state index contributed by atoms with van der Waals surface area (Å²) in [5, 5.41) is 35.2. The Morgan fingerprint density at radius 2 is 1.67 bits per heavy atom. The minimum atomic E-state index is -0.620. The fourth-order valence-electron chi connectivity index (χ4n) is 2.66. The summed E-state index contributed by atoms with van der Waals surface area (Å²) in [4.78, 5) is 13.0. The van der Waals surface area contributed by atoms with Gasteiger partial charge in [-0.15, -0.1) is 0 Å². The number of amides is 1. The van der Waals surface area contributed by atoms with E-state index in [1.54, 1.807) is 18.2 Å². The average molecular weight is 407 g/mol. The van der Waals surface area contributed by atoms with Gasteiger partial charge in [-0.25, -0.2) is 0 Å². The van der Waals surface area contributed by atoms with Crippen molar-refractivity contribution >= 4 is 46.6 Å². The summed E-state index contributed by atoms with van der Waals surface area (Å²) in [7, 11) is 0. The lowest BCUT2D eigenvalue weighted by Crippen LogP contribution is -2.21. The topological polar surface area (TPSA) is 93.4 Å². The van der Waals surface area contributed by atoms with E-state index in [1.165, 1.54) is 23.2 Å². The van der Waals surface area contributed by atoms with Crippen LogP contribution in [0, 0.1) is 5.92 Å². The number of rotatable bonds is 3. The third-order valence-electron chi connectivity index (χ3n) is 4.00. The second-order valence-electron chi connectivity index (χ2n) is 6.32. The molecule has 27 heavy (non-hydrogen) atoms. The molecule has 0 fully saturated rings. The fourth-order valence-corrected chi connectivity index (χ4v) is 2.95. The Kier molecular flexibility index (Phi) is 5.04. The SMILES string of the molecule is CC(C)C1=NN(c2ccc(Cl)c(Cl)c2)C(=O)C1=Cc1cc(O)c(O)c(O)c1. The number of carbonyl (C=O) groups is 1. The molecule has 3 N–H and O–H groups in total. The number of phenols is 3. The second-order valence-corrected chi connectivity index (χ2v) is 7.14. The molecule has 1 amide bonds. The van der Waals surface area contributed by atoms with Gasteiger partial charge in [0.1, 0.15) is 0 Å². The number of benzene rings is 2. The maximum Gasteiger partial charge on any atom is 0.280 e. The molecule has 0 radical (unpaired) electrons. The predicted molar refractivity (Wildman–Crippen MR) is 106 cm³/mol. The molecule has 0 atom stereocenters. The number of hydrazone groups is 1. The third-order valence-corrected chi connectivity index (χ3v) is 4.74. The molecule has 0 unspecified atom stereocenters. The zero-order valence-corrected chi connectivity index (χ0v) is 16.0. The van der Waals surface area contributed by atoms with Gasteiger partial charge in [0.05, 0.1) is 27.0 Å². The molecule has 0 aromatic heterocycles. The van der Waals surface area contributed by atoms with Crippen LogP contribution in [0.3, 0.4) is 0 Å². The molecule has 3 rings (SSSR count). The van der Waals surface area contributed by atoms with Gasteiger partial charge < -0.3 is 15.3 Å². The Balaban J connectivity index is 2.07. The van der Waals surface area contributed by atoms with E-state index in [9.17, 15) is 20.1 Å². The van der Waals surface area contributed by atoms with Crippen molar-refractivity contribution in [3.05, 3.63) is 51.5 Å². The normalized spacial score (nSPS) is 15.7. The van der Waals surface area contributed by atoms with Gasteiger partial charge in [-0.05, 0) is 47.9 Å². The van der Waals surface area contributed by atoms with E-state index in [1.807, 2.05) is 13.8 Å². The van der Waals surface area contributed by atoms with Crippen LogP contribution in [0.5, 0.6) is 17.2 Å². The number of carbonyl (C=O) groups excluding carboxylic acids is 1. The van der Waals surface area contributed by atoms with Crippen LogP contribution in [0.4, 0.5) is 5.69 Å². The van der Waals surface area contributed by atoms with Crippen LogP contribution in [-0.4, -0.2) is 26.9 Å². The van der Waals surface area contributed by atoms with Crippen LogP contribution in [0.2, 0.25) is 10.0 Å². The number of halogens is 2. The molecular formula is C19H16Cl2N2O4. The van der Waals surface area contributed by atoms with E-state index in [2.05, 4.69) is 5.10 Å². The first kappa shape index (κ1) is 19.1. The highest BCUT2D eigenvalue weighted by Crippen LogP contribution is 2.37. The van der Waals surface area contributed by atoms with E-state index in [-0.39, 0.29) is 11.8 Å². The standard InChI is InChI=1S/C19H16Cl2N2O4/c1-9(2)17-12(5-10-6-15(24)18(26)16(25)7-10)19(27)23(22-17)11-3-4-13(20)14(21)8-11/h3-9,24-26H,1-2H3. The highest BCUT2D eigenvalue weighted by atomic mass is 35.5. The highest BCUT2D eigenvalue weighted by molar-refractivity contribution is 6.42. The minimum Gasteiger partial charge on any atom is -0.504 e. The molecule has 2 aromatic carbocycles. The maximum atomic E-state index is 13.0. The summed E-state index contributed by atoms with van der Waals surface area (Å²) in [5.41, 5.74) is 1.65. The zero-order chi connectivity index (χ0) is 19.9. The van der Waals surface area contributed by atoms with Crippen LogP contribution in [0.1, 0.15) is 19.4 Å². The average Bonchev–Trinajstić information content (AvgIpc) is 2.92. The van der Waals surface area contributed by atoms with E-state index >= 15 is 0 Å². The van der Waals surface area contributed by atoms with Crippen molar-refractivity contribution in [2.75, 3.05) is 5.01 Å². The molecule has 0 saturated heterocycles. The smallest absolute Gasteiger partial charge is 0.280 e. The maximum absolute atomic E-state index is 13.0. The van der Waals surface area contributed by atoms with Crippen molar-refractivity contribution in [1.29, 1.82) is 0 Å². The number of anilines is 1. The van der Waals surface area contributed by atoms with Crippen molar-refractivity contribution < 1.29 is 20.1 Å². The van der Waals surface area contributed by atoms with Crippen LogP contribution >= 0.6 is 23.2 Å². The molecule has 6 nitrogen and oxygen atoms in total. The van der Waals surface area contributed by atoms with Gasteiger partial charge >= 0.3 is 0 Å². The lowest BCUT2D eigenvalue weighted by atomic mass is 9.98. The first-order valence-corrected chi connectivity index (χ1v) is 8.79. The first-order chi connectivity index (χ1) is 12.7. The molecule has 0 spiro atoms. The van der Waals surface area contributed by atoms with Gasteiger partial charge in [0.15, 0.2) is 17.2 Å². The summed E-state index contributed by atoms with van der Waals surface area (Å²) in [6.07, 6.45) is 1.50. The summed E-state index contributed by atoms with van der Waals surface area (Å²) >= 11 is 12.0. The molecule has 1 heterocycles. The second kappa shape index (κ2) is 7.13. The Hall–Kier alpha value is -2.70. The Morgan fingerprint density at radius 1 is 1.04 bits per heavy atom. The Bertz CT molecular complexity index is 976. The van der Waals surface area contributed by atoms with E-state index in [4.69, 9.17) is 23.2 Å². The fraction of sp³-hybridized carbons (Fsp3) is 0.158. The van der Waals surface area contributed by atoms with Crippen molar-refractivity contribution in [3.8, 4) is 17.2 Å². The van der Waals surface area contributed by atoms with Gasteiger partial charge in [0, 0.05) is 0 Å². The van der Waals surface area contributed by atoms with Gasteiger partial charge in [-0.3, -0.25) is 4.79 Å². The molecule has 1 aliphatic rings. The largest absolute Gasteiger partial charge is 0.504 e. The first-order valence-electron chi connectivity index (χ1n) is 8.04. The zero-order valence-electron chi connectivity index (χ0n) is 14.4. The van der Waals surface area contributed by atoms with Gasteiger partial charge in [-0.1, -0.05) is 37.0 Å². The predicted octanol–water partition coefficient (Wildman–Crippen LogP) is 4.55. The minimum absolute atomic E-state index is 0.0627. The molecule has 140 valence electrons. The lowest BCUT2D eigenvalue weighted by Gasteiger charge is -2.12. The van der Waals surface area contributed by atoms with Crippen molar-refractivity contribution in [1.82, 2.24) is 0 Å². The van der Waals surface area contributed by atoms with Crippen molar-refractivity contribution in [2.24, 2.45) is 11.0 Å². The van der Waals surface area contributed by atoms with Gasteiger partial charge in [0.2, 0.25) is 0 Å². The van der Waals surface area contributed by atoms with Crippen molar-refractivity contribution in [3.63, 3.8) is 0 Å². The summed E-state index contributed by atoms with van der Waals surface area (Å²) in [6.45, 7) is 3.79. The van der Waals surface area contributed by atoms with Crippen LogP contribution in [0.15, 0.2) is 41.0 Å². The number of aromatic hydroxyl groups is 3. The summed E-state index contributed by atoms with van der Waals surface area (Å²) < 4.78 is 0. The molecule has 2 aromatic rings. The monoisotopic (exact) mass is 406 g/mol. The molecule has 0 saturated carbocycles. The van der Waals surface area contributed by atoms with Crippen LogP contribution < -0.4 is 5.01 Å². The van der Waals surface area contributed by atoms with E-state index < -0.39 is 17.2 Å². The molecule has 8 heteroatoms. The highest BCUT2D eigenvalue weighted by Gasteiger charge is 2.32. The molecule has 0 bridgehead atoms. The van der Waals surface area contributed by atoms with E-state index in [0.29, 0.717) is 32.6 Å². The number of hydrogen-bond acceptors (Lipinski definition) is 5. The molecule has 0 aliphatic carbocycles. The Labute approximate surface area is 165 Å². The van der Waals surface area contributed by atoms with E-state index in [0.717, 1.165) is 0 Å². The van der Waals surface area contributed by atoms with Crippen LogP contribution in [0.25, 0.3) is 6.08 Å². The van der Waals surface area contributed by atoms with Crippen LogP contribution in [-0.2, 0) is 4.79 Å².